The Bertz CT molecular complexity index is 1090. The van der Waals surface area contributed by atoms with Gasteiger partial charge in [0.15, 0.2) is 6.10 Å². The number of benzene rings is 2. The number of rotatable bonds is 8. The number of nitrogens with zero attached hydrogens (tertiary/aromatic N) is 2. The molecule has 0 saturated heterocycles. The third kappa shape index (κ3) is 5.45. The quantitative estimate of drug-likeness (QED) is 0.566. The summed E-state index contributed by atoms with van der Waals surface area (Å²) in [5.74, 6) is 0.800. The van der Waals surface area contributed by atoms with Crippen LogP contribution in [0.3, 0.4) is 0 Å². The monoisotopic (exact) mass is 428 g/mol. The Morgan fingerprint density at radius 1 is 0.967 bits per heavy atom. The molecule has 3 aromatic rings. The fourth-order valence-corrected chi connectivity index (χ4v) is 3.36. The van der Waals surface area contributed by atoms with Crippen molar-refractivity contribution in [1.29, 1.82) is 0 Å². The second-order valence-corrected chi connectivity index (χ2v) is 7.81. The maximum absolute atomic E-state index is 12.4. The second-order valence-electron chi connectivity index (χ2n) is 6.13. The molecule has 1 amide bonds. The zero-order valence-corrected chi connectivity index (χ0v) is 17.1. The van der Waals surface area contributed by atoms with Crippen LogP contribution in [0.25, 0.3) is 0 Å². The van der Waals surface area contributed by atoms with Gasteiger partial charge in [-0.1, -0.05) is 0 Å². The van der Waals surface area contributed by atoms with E-state index < -0.39 is 16.1 Å². The van der Waals surface area contributed by atoms with E-state index in [9.17, 15) is 13.2 Å². The molecule has 0 radical (unpaired) electrons. The first kappa shape index (κ1) is 21.1. The molecule has 30 heavy (non-hydrogen) atoms. The van der Waals surface area contributed by atoms with E-state index in [1.807, 2.05) is 0 Å². The van der Waals surface area contributed by atoms with Crippen molar-refractivity contribution in [1.82, 2.24) is 9.97 Å². The van der Waals surface area contributed by atoms with Crippen molar-refractivity contribution in [2.45, 2.75) is 17.9 Å². The Morgan fingerprint density at radius 2 is 1.57 bits per heavy atom. The summed E-state index contributed by atoms with van der Waals surface area (Å²) in [6.07, 6.45) is 2.09. The maximum atomic E-state index is 12.4. The van der Waals surface area contributed by atoms with Gasteiger partial charge in [0.2, 0.25) is 5.95 Å². The van der Waals surface area contributed by atoms with Gasteiger partial charge in [-0.2, -0.15) is 0 Å². The number of hydrogen-bond donors (Lipinski definition) is 2. The highest BCUT2D eigenvalue weighted by Crippen LogP contribution is 2.19. The van der Waals surface area contributed by atoms with Gasteiger partial charge in [-0.15, -0.1) is 0 Å². The molecule has 2 N–H and O–H groups in total. The Kier molecular flexibility index (Phi) is 6.48. The highest BCUT2D eigenvalue weighted by atomic mass is 32.2. The number of anilines is 2. The van der Waals surface area contributed by atoms with E-state index in [1.165, 1.54) is 36.7 Å². The minimum Gasteiger partial charge on any atom is -0.497 e. The van der Waals surface area contributed by atoms with Gasteiger partial charge < -0.3 is 14.8 Å². The van der Waals surface area contributed by atoms with Crippen molar-refractivity contribution < 1.29 is 22.7 Å². The lowest BCUT2D eigenvalue weighted by Crippen LogP contribution is -2.30. The van der Waals surface area contributed by atoms with Crippen LogP contribution >= 0.6 is 0 Å². The lowest BCUT2D eigenvalue weighted by atomic mass is 10.3. The molecular weight excluding hydrogens is 408 g/mol. The minimum absolute atomic E-state index is 0.00971. The molecule has 0 aliphatic heterocycles. The van der Waals surface area contributed by atoms with Crippen LogP contribution in [-0.4, -0.2) is 37.5 Å². The zero-order valence-electron chi connectivity index (χ0n) is 16.3. The molecule has 2 aromatic carbocycles. The molecule has 0 saturated carbocycles. The summed E-state index contributed by atoms with van der Waals surface area (Å²) >= 11 is 0. The summed E-state index contributed by atoms with van der Waals surface area (Å²) in [7, 11) is -2.28. The van der Waals surface area contributed by atoms with Crippen LogP contribution in [0.4, 0.5) is 11.6 Å². The van der Waals surface area contributed by atoms with Crippen LogP contribution in [0.1, 0.15) is 6.92 Å². The van der Waals surface area contributed by atoms with Crippen LogP contribution in [-0.2, 0) is 14.8 Å². The van der Waals surface area contributed by atoms with Gasteiger partial charge in [-0.25, -0.2) is 23.1 Å². The van der Waals surface area contributed by atoms with Gasteiger partial charge in [0.1, 0.15) is 11.5 Å². The molecule has 0 aliphatic rings. The maximum Gasteiger partial charge on any atom is 0.265 e. The number of sulfonamides is 1. The smallest absolute Gasteiger partial charge is 0.265 e. The van der Waals surface area contributed by atoms with Crippen LogP contribution in [0, 0.1) is 0 Å². The summed E-state index contributed by atoms with van der Waals surface area (Å²) in [6.45, 7) is 1.61. The van der Waals surface area contributed by atoms with Gasteiger partial charge in [0.25, 0.3) is 15.9 Å². The van der Waals surface area contributed by atoms with E-state index in [-0.39, 0.29) is 16.8 Å². The predicted molar refractivity (Wildman–Crippen MR) is 111 cm³/mol. The van der Waals surface area contributed by atoms with Crippen molar-refractivity contribution in [3.8, 4) is 11.5 Å². The number of carbonyl (C=O) groups is 1. The van der Waals surface area contributed by atoms with Crippen molar-refractivity contribution in [2.75, 3.05) is 17.1 Å². The Hall–Kier alpha value is -3.66. The average Bonchev–Trinajstić information content (AvgIpc) is 2.75. The largest absolute Gasteiger partial charge is 0.497 e. The van der Waals surface area contributed by atoms with Crippen LogP contribution < -0.4 is 19.5 Å². The summed E-state index contributed by atoms with van der Waals surface area (Å²) in [4.78, 5) is 20.0. The Balaban J connectivity index is 1.60. The van der Waals surface area contributed by atoms with E-state index in [1.54, 1.807) is 44.4 Å². The molecule has 9 nitrogen and oxygen atoms in total. The Labute approximate surface area is 174 Å². The molecule has 3 rings (SSSR count). The first-order valence-electron chi connectivity index (χ1n) is 8.89. The number of carbonyl (C=O) groups excluding carboxylic acids is 1. The lowest BCUT2D eigenvalue weighted by molar-refractivity contribution is -0.122. The third-order valence-corrected chi connectivity index (χ3v) is 5.31. The van der Waals surface area contributed by atoms with Gasteiger partial charge in [0, 0.05) is 18.1 Å². The topological polar surface area (TPSA) is 120 Å². The summed E-state index contributed by atoms with van der Waals surface area (Å²) in [6, 6.07) is 14.1. The number of ether oxygens (including phenoxy) is 2. The van der Waals surface area contributed by atoms with Crippen molar-refractivity contribution in [3.05, 3.63) is 67.0 Å². The van der Waals surface area contributed by atoms with Crippen molar-refractivity contribution in [3.63, 3.8) is 0 Å². The minimum atomic E-state index is -3.84. The van der Waals surface area contributed by atoms with Gasteiger partial charge in [-0.05, 0) is 61.5 Å². The van der Waals surface area contributed by atoms with Gasteiger partial charge in [0.05, 0.1) is 12.0 Å². The lowest BCUT2D eigenvalue weighted by Gasteiger charge is -2.15. The van der Waals surface area contributed by atoms with E-state index in [0.29, 0.717) is 17.2 Å². The number of hydrogen-bond acceptors (Lipinski definition) is 7. The summed E-state index contributed by atoms with van der Waals surface area (Å²) in [5, 5.41) is 2.68. The SMILES string of the molecule is COc1ccc(O[C@H](C)C(=O)Nc2ccc(S(=O)(=O)Nc3ncccn3)cc2)cc1. The first-order chi connectivity index (χ1) is 14.4. The highest BCUT2D eigenvalue weighted by Gasteiger charge is 2.17. The third-order valence-electron chi connectivity index (χ3n) is 3.97. The number of methoxy groups -OCH3 is 1. The first-order valence-corrected chi connectivity index (χ1v) is 10.4. The summed E-state index contributed by atoms with van der Waals surface area (Å²) in [5.41, 5.74) is 0.431. The zero-order chi connectivity index (χ0) is 21.6. The molecule has 0 fully saturated rings. The Morgan fingerprint density at radius 3 is 2.17 bits per heavy atom. The molecule has 0 spiro atoms. The molecule has 1 heterocycles. The van der Waals surface area contributed by atoms with Crippen molar-refractivity contribution in [2.24, 2.45) is 0 Å². The highest BCUT2D eigenvalue weighted by molar-refractivity contribution is 7.92. The van der Waals surface area contributed by atoms with E-state index >= 15 is 0 Å². The fourth-order valence-electron chi connectivity index (χ4n) is 2.40. The molecule has 1 atom stereocenters. The van der Waals surface area contributed by atoms with E-state index in [0.717, 1.165) is 0 Å². The van der Waals surface area contributed by atoms with Gasteiger partial charge in [-0.3, -0.25) is 4.79 Å². The normalized spacial score (nSPS) is 11.9. The average molecular weight is 428 g/mol. The summed E-state index contributed by atoms with van der Waals surface area (Å²) < 4.78 is 37.7. The predicted octanol–water partition coefficient (Wildman–Crippen LogP) is 2.69. The molecule has 0 bridgehead atoms. The van der Waals surface area contributed by atoms with Crippen LogP contribution in [0.2, 0.25) is 0 Å². The van der Waals surface area contributed by atoms with Crippen LogP contribution in [0.15, 0.2) is 71.9 Å². The molecule has 0 aliphatic carbocycles. The van der Waals surface area contributed by atoms with E-state index in [2.05, 4.69) is 20.0 Å². The number of nitrogens with one attached hydrogen (secondary N) is 2. The standard InChI is InChI=1S/C20H20N4O5S/c1-14(29-17-8-6-16(28-2)7-9-17)19(25)23-15-4-10-18(11-5-15)30(26,27)24-20-21-12-3-13-22-20/h3-14H,1-2H3,(H,23,25)(H,21,22,24)/t14-/m1/s1. The van der Waals surface area contributed by atoms with Gasteiger partial charge >= 0.3 is 0 Å². The van der Waals surface area contributed by atoms with Crippen LogP contribution in [0.5, 0.6) is 11.5 Å². The molecule has 10 heteroatoms. The van der Waals surface area contributed by atoms with E-state index in [4.69, 9.17) is 9.47 Å². The number of amides is 1. The molecule has 1 aromatic heterocycles. The van der Waals surface area contributed by atoms with Crippen molar-refractivity contribution >= 4 is 27.6 Å². The fraction of sp³-hybridized carbons (Fsp3) is 0.150. The molecule has 156 valence electrons. The molecular formula is C20H20N4O5S. The molecule has 0 unspecified atom stereocenters. The number of aromatic nitrogens is 2. The second kappa shape index (κ2) is 9.23.